The first-order valence-corrected chi connectivity index (χ1v) is 8.30. The highest BCUT2D eigenvalue weighted by molar-refractivity contribution is 5.13. The van der Waals surface area contributed by atoms with Gasteiger partial charge in [-0.1, -0.05) is 97.1 Å². The molecule has 1 aromatic carbocycles. The van der Waals surface area contributed by atoms with E-state index in [1.54, 1.807) is 0 Å². The number of rotatable bonds is 2. The number of hydrogen-bond donors (Lipinski definition) is 0. The average molecular weight is 262 g/mol. The van der Waals surface area contributed by atoms with Crippen LogP contribution in [0.3, 0.4) is 0 Å². The summed E-state index contributed by atoms with van der Waals surface area (Å²) in [6, 6.07) is 10.5. The second kappa shape index (κ2) is 12.3. The molecule has 0 heteroatoms. The van der Waals surface area contributed by atoms with E-state index in [4.69, 9.17) is 0 Å². The zero-order chi connectivity index (χ0) is 14.5. The molecule has 1 saturated carbocycles. The predicted molar refractivity (Wildman–Crippen MR) is 88.6 cm³/mol. The van der Waals surface area contributed by atoms with Gasteiger partial charge >= 0.3 is 0 Å². The third-order valence-electron chi connectivity index (χ3n) is 3.96. The minimum atomic E-state index is 1.02. The first-order valence-electron chi connectivity index (χ1n) is 8.30. The normalized spacial score (nSPS) is 21.5. The van der Waals surface area contributed by atoms with Crippen molar-refractivity contribution < 1.29 is 0 Å². The molecule has 0 saturated heterocycles. The van der Waals surface area contributed by atoms with Crippen LogP contribution >= 0.6 is 0 Å². The van der Waals surface area contributed by atoms with Gasteiger partial charge in [-0.3, -0.25) is 0 Å². The molecular formula is C19H34. The van der Waals surface area contributed by atoms with E-state index in [1.807, 2.05) is 19.9 Å². The molecule has 0 spiro atoms. The summed E-state index contributed by atoms with van der Waals surface area (Å²) in [6.07, 6.45) is 8.51. The van der Waals surface area contributed by atoms with Gasteiger partial charge in [0.1, 0.15) is 0 Å². The van der Waals surface area contributed by atoms with Crippen LogP contribution in [0.1, 0.15) is 72.3 Å². The Kier molecular flexibility index (Phi) is 11.8. The molecule has 2 rings (SSSR count). The summed E-state index contributed by atoms with van der Waals surface area (Å²) in [5, 5.41) is 0. The van der Waals surface area contributed by atoms with Crippen molar-refractivity contribution in [3.05, 3.63) is 35.9 Å². The van der Waals surface area contributed by atoms with Crippen molar-refractivity contribution in [3.63, 3.8) is 0 Å². The van der Waals surface area contributed by atoms with Crippen LogP contribution in [0.25, 0.3) is 0 Å². The molecule has 0 nitrogen and oxygen atoms in total. The van der Waals surface area contributed by atoms with E-state index in [9.17, 15) is 0 Å². The van der Waals surface area contributed by atoms with Gasteiger partial charge in [0.15, 0.2) is 0 Å². The predicted octanol–water partition coefficient (Wildman–Crippen LogP) is 6.50. The second-order valence-electron chi connectivity index (χ2n) is 5.37. The third kappa shape index (κ3) is 8.86. The number of hydrogen-bond acceptors (Lipinski definition) is 0. The summed E-state index contributed by atoms with van der Waals surface area (Å²) in [5.74, 6) is 2.09. The molecular weight excluding hydrogens is 228 g/mol. The Morgan fingerprint density at radius 3 is 1.79 bits per heavy atom. The molecule has 110 valence electrons. The Bertz CT molecular complexity index is 267. The average Bonchev–Trinajstić information content (AvgIpc) is 2.51. The van der Waals surface area contributed by atoms with E-state index in [0.717, 1.165) is 18.3 Å². The van der Waals surface area contributed by atoms with Crippen molar-refractivity contribution in [3.8, 4) is 0 Å². The lowest BCUT2D eigenvalue weighted by molar-refractivity contribution is 0.284. The van der Waals surface area contributed by atoms with Gasteiger partial charge in [-0.15, -0.1) is 0 Å². The highest BCUT2D eigenvalue weighted by Crippen LogP contribution is 2.29. The molecule has 1 aromatic rings. The van der Waals surface area contributed by atoms with Gasteiger partial charge in [0.2, 0.25) is 0 Å². The van der Waals surface area contributed by atoms with E-state index in [0.29, 0.717) is 0 Å². The Hall–Kier alpha value is -0.780. The lowest BCUT2D eigenvalue weighted by Gasteiger charge is -2.24. The van der Waals surface area contributed by atoms with E-state index in [-0.39, 0.29) is 0 Å². The van der Waals surface area contributed by atoms with Crippen LogP contribution in [-0.4, -0.2) is 0 Å². The molecule has 0 atom stereocenters. The molecule has 19 heavy (non-hydrogen) atoms. The standard InChI is InChI=1S/C9H18.C8H10.C2H6/c1-3-9-6-4-8(2)5-7-9;1-2-8-6-4-3-5-7-8;1-2/h8-9H,3-7H2,1-2H3;3-7H,2H2,1H3;1-2H3. The first-order chi connectivity index (χ1) is 9.26. The van der Waals surface area contributed by atoms with Gasteiger partial charge in [0.25, 0.3) is 0 Å². The molecule has 0 unspecified atom stereocenters. The SMILES string of the molecule is CC.CCC1CCC(C)CC1.CCc1ccccc1. The summed E-state index contributed by atoms with van der Waals surface area (Å²) in [4.78, 5) is 0. The fourth-order valence-corrected chi connectivity index (χ4v) is 2.45. The van der Waals surface area contributed by atoms with Crippen LogP contribution in [0.2, 0.25) is 0 Å². The highest BCUT2D eigenvalue weighted by atomic mass is 14.2. The fourth-order valence-electron chi connectivity index (χ4n) is 2.45. The van der Waals surface area contributed by atoms with E-state index in [1.165, 1.54) is 37.7 Å². The highest BCUT2D eigenvalue weighted by Gasteiger charge is 2.15. The number of aryl methyl sites for hydroxylation is 1. The molecule has 0 bridgehead atoms. The van der Waals surface area contributed by atoms with E-state index in [2.05, 4.69) is 45.0 Å². The van der Waals surface area contributed by atoms with Crippen LogP contribution in [0, 0.1) is 11.8 Å². The zero-order valence-electron chi connectivity index (χ0n) is 13.8. The van der Waals surface area contributed by atoms with Gasteiger partial charge in [-0.2, -0.15) is 0 Å². The van der Waals surface area contributed by atoms with Crippen LogP contribution in [-0.2, 0) is 6.42 Å². The molecule has 1 fully saturated rings. The molecule has 0 N–H and O–H groups in total. The van der Waals surface area contributed by atoms with Crippen LogP contribution < -0.4 is 0 Å². The maximum absolute atomic E-state index is 2.38. The fraction of sp³-hybridized carbons (Fsp3) is 0.684. The maximum atomic E-state index is 2.38. The van der Waals surface area contributed by atoms with Crippen LogP contribution in [0.4, 0.5) is 0 Å². The van der Waals surface area contributed by atoms with Gasteiger partial charge < -0.3 is 0 Å². The summed E-state index contributed by atoms with van der Waals surface area (Å²) in [6.45, 7) is 10.9. The topological polar surface area (TPSA) is 0 Å². The van der Waals surface area contributed by atoms with E-state index < -0.39 is 0 Å². The zero-order valence-corrected chi connectivity index (χ0v) is 13.8. The van der Waals surface area contributed by atoms with Crippen LogP contribution in [0.15, 0.2) is 30.3 Å². The monoisotopic (exact) mass is 262 g/mol. The summed E-state index contributed by atoms with van der Waals surface area (Å²) >= 11 is 0. The third-order valence-corrected chi connectivity index (χ3v) is 3.96. The Balaban J connectivity index is 0.000000303. The Morgan fingerprint density at radius 1 is 0.895 bits per heavy atom. The van der Waals surface area contributed by atoms with Crippen molar-refractivity contribution in [1.29, 1.82) is 0 Å². The van der Waals surface area contributed by atoms with Gasteiger partial charge in [0, 0.05) is 0 Å². The summed E-state index contributed by atoms with van der Waals surface area (Å²) < 4.78 is 0. The van der Waals surface area contributed by atoms with Gasteiger partial charge in [-0.25, -0.2) is 0 Å². The first kappa shape index (κ1) is 18.2. The molecule has 0 aromatic heterocycles. The lowest BCUT2D eigenvalue weighted by atomic mass is 9.82. The maximum Gasteiger partial charge on any atom is -0.0307 e. The largest absolute Gasteiger partial charge is 0.0683 e. The minimum Gasteiger partial charge on any atom is -0.0683 e. The van der Waals surface area contributed by atoms with Crippen molar-refractivity contribution in [1.82, 2.24) is 0 Å². The van der Waals surface area contributed by atoms with Crippen molar-refractivity contribution in [2.75, 3.05) is 0 Å². The quantitative estimate of drug-likeness (QED) is 0.571. The van der Waals surface area contributed by atoms with Gasteiger partial charge in [-0.05, 0) is 23.8 Å². The molecule has 0 aliphatic heterocycles. The van der Waals surface area contributed by atoms with Crippen molar-refractivity contribution in [2.45, 2.75) is 73.1 Å². The smallest absolute Gasteiger partial charge is 0.0307 e. The summed E-state index contributed by atoms with van der Waals surface area (Å²) in [7, 11) is 0. The number of benzene rings is 1. The van der Waals surface area contributed by atoms with E-state index >= 15 is 0 Å². The minimum absolute atomic E-state index is 1.02. The van der Waals surface area contributed by atoms with Gasteiger partial charge in [0.05, 0.1) is 0 Å². The molecule has 0 radical (unpaired) electrons. The van der Waals surface area contributed by atoms with Crippen molar-refractivity contribution >= 4 is 0 Å². The molecule has 0 amide bonds. The molecule has 1 aliphatic carbocycles. The molecule has 0 heterocycles. The van der Waals surface area contributed by atoms with Crippen LogP contribution in [0.5, 0.6) is 0 Å². The summed E-state index contributed by atoms with van der Waals surface area (Å²) in [5.41, 5.74) is 1.41. The lowest BCUT2D eigenvalue weighted by Crippen LogP contribution is -2.10. The van der Waals surface area contributed by atoms with Crippen molar-refractivity contribution in [2.24, 2.45) is 11.8 Å². The molecule has 1 aliphatic rings. The Labute approximate surface area is 121 Å². The Morgan fingerprint density at radius 2 is 1.42 bits per heavy atom. The second-order valence-corrected chi connectivity index (χ2v) is 5.37.